The van der Waals surface area contributed by atoms with Gasteiger partial charge in [-0.15, -0.1) is 0 Å². The normalized spacial score (nSPS) is 9.39. The van der Waals surface area contributed by atoms with Crippen molar-refractivity contribution in [2.24, 2.45) is 0 Å². The third-order valence-corrected chi connectivity index (χ3v) is 5.20. The minimum absolute atomic E-state index is 0. The third kappa shape index (κ3) is 23.4. The fraction of sp³-hybridized carbons (Fsp3) is 1.00. The molecule has 0 atom stereocenters. The molecule has 0 saturated heterocycles. The molecule has 0 saturated carbocycles. The van der Waals surface area contributed by atoms with Crippen LogP contribution in [0.4, 0.5) is 0 Å². The van der Waals surface area contributed by atoms with Crippen LogP contribution in [-0.4, -0.2) is 49.1 Å². The van der Waals surface area contributed by atoms with Crippen molar-refractivity contribution >= 4 is 78.4 Å². The molecule has 0 N–H and O–H groups in total. The van der Waals surface area contributed by atoms with Gasteiger partial charge in [-0.3, -0.25) is 9.05 Å². The number of unbranched alkanes of at least 4 members (excludes halogenated alkanes) is 2. The Morgan fingerprint density at radius 2 is 1.39 bits per heavy atom. The first-order chi connectivity index (χ1) is 8.26. The van der Waals surface area contributed by atoms with E-state index in [1.165, 1.54) is 9.94 Å². The molecule has 0 heterocycles. The van der Waals surface area contributed by atoms with Crippen LogP contribution >= 0.6 is 7.58 Å². The van der Waals surface area contributed by atoms with Gasteiger partial charge in [0.2, 0.25) is 0 Å². The van der Waals surface area contributed by atoms with Crippen LogP contribution in [0.1, 0.15) is 39.5 Å². The van der Waals surface area contributed by atoms with Gasteiger partial charge in [0.05, 0.1) is 13.2 Å². The van der Waals surface area contributed by atoms with Crippen LogP contribution in [0.15, 0.2) is 0 Å². The minimum Gasteiger partial charge on any atom is -0.794 e. The fourth-order valence-electron chi connectivity index (χ4n) is 0.647. The minimum atomic E-state index is -0.850. The van der Waals surface area contributed by atoms with Crippen molar-refractivity contribution in [2.45, 2.75) is 39.5 Å². The SMILES string of the molecule is CCCCOP(OCCCC)[S+]=S.[S-]CC[S-].[Sb]. The Kier molecular flexibility index (Phi) is 34.2. The summed E-state index contributed by atoms with van der Waals surface area (Å²) in [5.41, 5.74) is 0. The van der Waals surface area contributed by atoms with Crippen LogP contribution in [0.25, 0.3) is 0 Å². The molecule has 0 aliphatic carbocycles. The van der Waals surface area contributed by atoms with Crippen molar-refractivity contribution in [2.75, 3.05) is 24.7 Å². The predicted octanol–water partition coefficient (Wildman–Crippen LogP) is 3.09. The van der Waals surface area contributed by atoms with Crippen LogP contribution in [0.5, 0.6) is 0 Å². The van der Waals surface area contributed by atoms with Crippen molar-refractivity contribution in [3.63, 3.8) is 0 Å². The van der Waals surface area contributed by atoms with Crippen molar-refractivity contribution in [3.8, 4) is 0 Å². The van der Waals surface area contributed by atoms with Gasteiger partial charge in [-0.1, -0.05) is 26.7 Å². The molecule has 0 aromatic carbocycles. The second kappa shape index (κ2) is 24.3. The summed E-state index contributed by atoms with van der Waals surface area (Å²) in [5, 5.41) is 0. The van der Waals surface area contributed by atoms with Crippen LogP contribution in [0.2, 0.25) is 0 Å². The molecule has 3 radical (unpaired) electrons. The Hall–Kier alpha value is 2.31. The van der Waals surface area contributed by atoms with Gasteiger partial charge in [-0.05, 0) is 12.8 Å². The first kappa shape index (κ1) is 25.3. The Balaban J connectivity index is -0.000000392. The van der Waals surface area contributed by atoms with Crippen molar-refractivity contribution in [1.29, 1.82) is 0 Å². The summed E-state index contributed by atoms with van der Waals surface area (Å²) in [7, 11) is 0.424. The van der Waals surface area contributed by atoms with E-state index >= 15 is 0 Å². The van der Waals surface area contributed by atoms with E-state index in [4.69, 9.17) is 20.2 Å². The van der Waals surface area contributed by atoms with Crippen molar-refractivity contribution in [3.05, 3.63) is 0 Å². The molecule has 109 valence electrons. The fourth-order valence-corrected chi connectivity index (χ4v) is 2.84. The average molecular weight is 455 g/mol. The molecular formula is C10H22O2PS4Sb-. The standard InChI is InChI=1S/C8H18O2PS2.C2H6S2.Sb/c1-3-5-7-9-11(13-12)10-8-6-4-2;3-1-2-4;/h3-8H2,1-2H3;3-4H,1-2H2;/q+1;;/p-2. The van der Waals surface area contributed by atoms with Gasteiger partial charge in [-0.25, -0.2) is 0 Å². The van der Waals surface area contributed by atoms with E-state index < -0.39 is 7.58 Å². The molecule has 8 heteroatoms. The molecule has 18 heavy (non-hydrogen) atoms. The zero-order chi connectivity index (χ0) is 13.4. The van der Waals surface area contributed by atoms with Crippen LogP contribution in [0.3, 0.4) is 0 Å². The van der Waals surface area contributed by atoms with Crippen molar-refractivity contribution in [1.82, 2.24) is 0 Å². The van der Waals surface area contributed by atoms with E-state index in [0.717, 1.165) is 50.4 Å². The van der Waals surface area contributed by atoms with Gasteiger partial charge in [0.15, 0.2) is 0 Å². The smallest absolute Gasteiger partial charge is 0.528 e. The van der Waals surface area contributed by atoms with E-state index in [1.807, 2.05) is 0 Å². The van der Waals surface area contributed by atoms with Crippen LogP contribution in [-0.2, 0) is 55.4 Å². The monoisotopic (exact) mass is 454 g/mol. The van der Waals surface area contributed by atoms with E-state index in [0.29, 0.717) is 0 Å². The molecule has 0 amide bonds. The molecule has 0 unspecified atom stereocenters. The van der Waals surface area contributed by atoms with Gasteiger partial charge in [0, 0.05) is 24.4 Å². The van der Waals surface area contributed by atoms with Crippen molar-refractivity contribution < 1.29 is 9.05 Å². The summed E-state index contributed by atoms with van der Waals surface area (Å²) in [6.45, 7) is 5.84. The molecule has 0 aromatic heterocycles. The number of hydrogen-bond donors (Lipinski definition) is 0. The largest absolute Gasteiger partial charge is 0.794 e. The van der Waals surface area contributed by atoms with Gasteiger partial charge in [0.1, 0.15) is 0 Å². The molecule has 0 aromatic rings. The van der Waals surface area contributed by atoms with E-state index in [-0.39, 0.29) is 24.4 Å². The van der Waals surface area contributed by atoms with Gasteiger partial charge < -0.3 is 25.3 Å². The second-order valence-corrected chi connectivity index (χ2v) is 7.69. The van der Waals surface area contributed by atoms with Crippen LogP contribution < -0.4 is 0 Å². The zero-order valence-corrected chi connectivity index (χ0v) is 17.7. The van der Waals surface area contributed by atoms with Gasteiger partial charge >= 0.3 is 17.5 Å². The summed E-state index contributed by atoms with van der Waals surface area (Å²) in [4.78, 5) is 0. The topological polar surface area (TPSA) is 18.5 Å². The Morgan fingerprint density at radius 1 is 1.00 bits per heavy atom. The van der Waals surface area contributed by atoms with Crippen LogP contribution in [0, 0.1) is 0 Å². The molecule has 2 nitrogen and oxygen atoms in total. The molecule has 0 aliphatic heterocycles. The first-order valence-corrected chi connectivity index (χ1v) is 10.5. The second-order valence-electron chi connectivity index (χ2n) is 3.08. The van der Waals surface area contributed by atoms with E-state index in [1.54, 1.807) is 0 Å². The summed E-state index contributed by atoms with van der Waals surface area (Å²) >= 11 is 13.8. The molecular weight excluding hydrogens is 433 g/mol. The molecule has 0 spiro atoms. The molecule has 0 rings (SSSR count). The molecule has 0 aliphatic rings. The molecule has 0 fully saturated rings. The third-order valence-electron chi connectivity index (χ3n) is 1.53. The summed E-state index contributed by atoms with van der Waals surface area (Å²) < 4.78 is 11.0. The van der Waals surface area contributed by atoms with E-state index in [9.17, 15) is 0 Å². The zero-order valence-electron chi connectivity index (χ0n) is 11.0. The van der Waals surface area contributed by atoms with E-state index in [2.05, 4.69) is 39.1 Å². The predicted molar refractivity (Wildman–Crippen MR) is 93.6 cm³/mol. The summed E-state index contributed by atoms with van der Waals surface area (Å²) in [6.07, 6.45) is 4.48. The van der Waals surface area contributed by atoms with Gasteiger partial charge in [-0.2, -0.15) is 11.5 Å². The summed E-state index contributed by atoms with van der Waals surface area (Å²) in [6, 6.07) is 0. The maximum Gasteiger partial charge on any atom is 0.528 e. The number of hydrogen-bond acceptors (Lipinski definition) is 5. The summed E-state index contributed by atoms with van der Waals surface area (Å²) in [5.74, 6) is 1.44. The quantitative estimate of drug-likeness (QED) is 0.165. The van der Waals surface area contributed by atoms with Gasteiger partial charge in [0.25, 0.3) is 11.2 Å². The maximum absolute atomic E-state index is 5.48. The maximum atomic E-state index is 5.48. The first-order valence-electron chi connectivity index (χ1n) is 5.78. The Labute approximate surface area is 150 Å². The number of rotatable bonds is 10. The Bertz CT molecular complexity index is 146. The Morgan fingerprint density at radius 3 is 1.61 bits per heavy atom. The molecule has 0 bridgehead atoms. The average Bonchev–Trinajstić information content (AvgIpc) is 2.37.